The average molecular weight is 331 g/mol. The van der Waals surface area contributed by atoms with Crippen LogP contribution in [0.15, 0.2) is 24.3 Å². The zero-order valence-corrected chi connectivity index (χ0v) is 14.2. The number of benzene rings is 1. The number of likely N-dealkylation sites (tertiary alicyclic amines) is 1. The third-order valence-corrected chi connectivity index (χ3v) is 5.29. The quantitative estimate of drug-likeness (QED) is 0.832. The largest absolute Gasteiger partial charge is 0.497 e. The minimum atomic E-state index is -0.186. The molecule has 2 aliphatic heterocycles. The van der Waals surface area contributed by atoms with E-state index in [0.29, 0.717) is 18.7 Å². The van der Waals surface area contributed by atoms with Gasteiger partial charge in [0.2, 0.25) is 0 Å². The van der Waals surface area contributed by atoms with E-state index in [1.807, 2.05) is 29.2 Å². The van der Waals surface area contributed by atoms with Crippen LogP contribution < -0.4 is 4.74 Å². The molecule has 1 saturated carbocycles. The predicted molar refractivity (Wildman–Crippen MR) is 89.3 cm³/mol. The summed E-state index contributed by atoms with van der Waals surface area (Å²) in [7, 11) is 1.62. The summed E-state index contributed by atoms with van der Waals surface area (Å²) < 4.78 is 17.2. The maximum Gasteiger partial charge on any atom is 0.254 e. The molecule has 4 rings (SSSR count). The number of carbonyl (C=O) groups excluding carboxylic acids is 1. The molecule has 0 N–H and O–H groups in total. The van der Waals surface area contributed by atoms with Crippen molar-refractivity contribution in [2.75, 3.05) is 33.4 Å². The van der Waals surface area contributed by atoms with Crippen LogP contribution in [0.1, 0.15) is 36.0 Å². The summed E-state index contributed by atoms with van der Waals surface area (Å²) in [5.74, 6) is 1.61. The molecule has 1 aromatic rings. The number of methoxy groups -OCH3 is 1. The summed E-state index contributed by atoms with van der Waals surface area (Å²) in [6, 6.07) is 7.27. The third-order valence-electron chi connectivity index (χ3n) is 5.29. The van der Waals surface area contributed by atoms with Crippen molar-refractivity contribution < 1.29 is 19.0 Å². The van der Waals surface area contributed by atoms with Gasteiger partial charge in [-0.3, -0.25) is 4.79 Å². The Labute approximate surface area is 142 Å². The van der Waals surface area contributed by atoms with Crippen LogP contribution in [-0.4, -0.2) is 55.9 Å². The van der Waals surface area contributed by atoms with Gasteiger partial charge in [0.1, 0.15) is 11.4 Å². The Balaban J connectivity index is 1.31. The summed E-state index contributed by atoms with van der Waals surface area (Å²) in [5.41, 5.74) is 0.511. The Morgan fingerprint density at radius 3 is 2.67 bits per heavy atom. The van der Waals surface area contributed by atoms with Gasteiger partial charge in [-0.05, 0) is 49.4 Å². The van der Waals surface area contributed by atoms with Crippen LogP contribution in [0.2, 0.25) is 0 Å². The summed E-state index contributed by atoms with van der Waals surface area (Å²) in [5, 5.41) is 0. The summed E-state index contributed by atoms with van der Waals surface area (Å²) in [6.45, 7) is 2.97. The first-order chi connectivity index (χ1) is 11.7. The van der Waals surface area contributed by atoms with E-state index in [1.165, 1.54) is 12.8 Å². The fraction of sp³-hybridized carbons (Fsp3) is 0.632. The number of nitrogens with zero attached hydrogens (tertiary/aromatic N) is 1. The highest BCUT2D eigenvalue weighted by atomic mass is 16.5. The molecule has 5 nitrogen and oxygen atoms in total. The maximum absolute atomic E-state index is 12.6. The number of hydrogen-bond donors (Lipinski definition) is 0. The zero-order chi connectivity index (χ0) is 16.6. The molecule has 1 aromatic carbocycles. The molecule has 3 fully saturated rings. The van der Waals surface area contributed by atoms with Crippen LogP contribution in [0.3, 0.4) is 0 Å². The van der Waals surface area contributed by atoms with Gasteiger partial charge in [-0.2, -0.15) is 0 Å². The van der Waals surface area contributed by atoms with Gasteiger partial charge in [0.25, 0.3) is 5.91 Å². The monoisotopic (exact) mass is 331 g/mol. The Kier molecular flexibility index (Phi) is 4.22. The second-order valence-electron chi connectivity index (χ2n) is 7.31. The Hall–Kier alpha value is -1.59. The third kappa shape index (κ3) is 3.28. The lowest BCUT2D eigenvalue weighted by Crippen LogP contribution is -2.67. The van der Waals surface area contributed by atoms with Crippen LogP contribution in [-0.2, 0) is 9.47 Å². The van der Waals surface area contributed by atoms with Gasteiger partial charge in [0.15, 0.2) is 0 Å². The van der Waals surface area contributed by atoms with Gasteiger partial charge in [-0.1, -0.05) is 0 Å². The fourth-order valence-electron chi connectivity index (χ4n) is 3.61. The SMILES string of the molecule is COc1ccc(C(=O)N2CC3(CC(OCC4CC4)CCO3)C2)cc1. The number of ether oxygens (including phenoxy) is 3. The van der Waals surface area contributed by atoms with Gasteiger partial charge in [-0.25, -0.2) is 0 Å². The van der Waals surface area contributed by atoms with E-state index in [-0.39, 0.29) is 17.6 Å². The first-order valence-electron chi connectivity index (χ1n) is 8.86. The molecule has 1 spiro atoms. The van der Waals surface area contributed by atoms with Crippen molar-refractivity contribution in [2.45, 2.75) is 37.4 Å². The van der Waals surface area contributed by atoms with Gasteiger partial charge in [0, 0.05) is 25.2 Å². The van der Waals surface area contributed by atoms with Gasteiger partial charge in [0.05, 0.1) is 26.3 Å². The number of hydrogen-bond acceptors (Lipinski definition) is 4. The number of carbonyl (C=O) groups is 1. The molecule has 24 heavy (non-hydrogen) atoms. The summed E-state index contributed by atoms with van der Waals surface area (Å²) >= 11 is 0. The lowest BCUT2D eigenvalue weighted by Gasteiger charge is -2.53. The summed E-state index contributed by atoms with van der Waals surface area (Å²) in [4.78, 5) is 14.4. The van der Waals surface area contributed by atoms with Crippen LogP contribution in [0.25, 0.3) is 0 Å². The first kappa shape index (κ1) is 15.9. The molecular formula is C19H25NO4. The van der Waals surface area contributed by atoms with Crippen molar-refractivity contribution in [3.8, 4) is 5.75 Å². The Morgan fingerprint density at radius 2 is 2.00 bits per heavy atom. The van der Waals surface area contributed by atoms with Crippen LogP contribution >= 0.6 is 0 Å². The van der Waals surface area contributed by atoms with Crippen molar-refractivity contribution in [3.63, 3.8) is 0 Å². The lowest BCUT2D eigenvalue weighted by molar-refractivity contribution is -0.186. The van der Waals surface area contributed by atoms with Crippen molar-refractivity contribution in [1.82, 2.24) is 4.90 Å². The molecule has 2 heterocycles. The van der Waals surface area contributed by atoms with E-state index in [9.17, 15) is 4.79 Å². The number of rotatable bonds is 5. The maximum atomic E-state index is 12.6. The van der Waals surface area contributed by atoms with Crippen molar-refractivity contribution in [1.29, 1.82) is 0 Å². The second-order valence-corrected chi connectivity index (χ2v) is 7.31. The van der Waals surface area contributed by atoms with E-state index in [2.05, 4.69) is 0 Å². The molecule has 2 saturated heterocycles. The second kappa shape index (κ2) is 6.37. The minimum Gasteiger partial charge on any atom is -0.497 e. The van der Waals surface area contributed by atoms with E-state index in [4.69, 9.17) is 14.2 Å². The molecule has 1 amide bonds. The smallest absolute Gasteiger partial charge is 0.254 e. The van der Waals surface area contributed by atoms with Crippen molar-refractivity contribution in [3.05, 3.63) is 29.8 Å². The Bertz CT molecular complexity index is 590. The van der Waals surface area contributed by atoms with E-state index >= 15 is 0 Å². The van der Waals surface area contributed by atoms with E-state index in [0.717, 1.165) is 37.7 Å². The highest BCUT2D eigenvalue weighted by molar-refractivity contribution is 5.95. The van der Waals surface area contributed by atoms with Crippen LogP contribution in [0, 0.1) is 5.92 Å². The van der Waals surface area contributed by atoms with Crippen molar-refractivity contribution >= 4 is 5.91 Å². The average Bonchev–Trinajstić information content (AvgIpc) is 3.42. The molecule has 1 aliphatic carbocycles. The zero-order valence-electron chi connectivity index (χ0n) is 14.2. The Morgan fingerprint density at radius 1 is 1.25 bits per heavy atom. The van der Waals surface area contributed by atoms with Gasteiger partial charge in [-0.15, -0.1) is 0 Å². The van der Waals surface area contributed by atoms with E-state index in [1.54, 1.807) is 7.11 Å². The topological polar surface area (TPSA) is 48.0 Å². The predicted octanol–water partition coefficient (Wildman–Crippen LogP) is 2.50. The molecular weight excluding hydrogens is 306 g/mol. The lowest BCUT2D eigenvalue weighted by atomic mass is 9.84. The number of amides is 1. The van der Waals surface area contributed by atoms with Gasteiger partial charge < -0.3 is 19.1 Å². The highest BCUT2D eigenvalue weighted by Gasteiger charge is 2.49. The molecule has 3 aliphatic rings. The highest BCUT2D eigenvalue weighted by Crippen LogP contribution is 2.37. The first-order valence-corrected chi connectivity index (χ1v) is 8.86. The van der Waals surface area contributed by atoms with Crippen molar-refractivity contribution in [2.24, 2.45) is 5.92 Å². The molecule has 5 heteroatoms. The van der Waals surface area contributed by atoms with Gasteiger partial charge >= 0.3 is 0 Å². The molecule has 130 valence electrons. The standard InChI is InChI=1S/C19H25NO4/c1-22-16-6-4-15(5-7-16)18(21)20-12-19(13-20)10-17(8-9-24-19)23-11-14-2-3-14/h4-7,14,17H,2-3,8-13H2,1H3. The molecule has 1 atom stereocenters. The molecule has 0 radical (unpaired) electrons. The normalized spacial score (nSPS) is 25.4. The minimum absolute atomic E-state index is 0.0629. The summed E-state index contributed by atoms with van der Waals surface area (Å²) in [6.07, 6.45) is 4.81. The molecule has 1 unspecified atom stereocenters. The molecule has 0 aromatic heterocycles. The van der Waals surface area contributed by atoms with Crippen LogP contribution in [0.5, 0.6) is 5.75 Å². The molecule has 0 bridgehead atoms. The fourth-order valence-corrected chi connectivity index (χ4v) is 3.61. The van der Waals surface area contributed by atoms with E-state index < -0.39 is 0 Å². The van der Waals surface area contributed by atoms with Crippen LogP contribution in [0.4, 0.5) is 0 Å².